The van der Waals surface area contributed by atoms with Crippen molar-refractivity contribution >= 4 is 46.2 Å². The normalized spacial score (nSPS) is 15.5. The van der Waals surface area contributed by atoms with Crippen LogP contribution < -0.4 is 10.2 Å². The summed E-state index contributed by atoms with van der Waals surface area (Å²) in [5.41, 5.74) is 3.49. The summed E-state index contributed by atoms with van der Waals surface area (Å²) in [6, 6.07) is 12.7. The van der Waals surface area contributed by atoms with E-state index in [2.05, 4.69) is 5.43 Å². The molecular weight excluding hydrogens is 375 g/mol. The predicted octanol–water partition coefficient (Wildman–Crippen LogP) is 3.38. The van der Waals surface area contributed by atoms with Gasteiger partial charge in [-0.2, -0.15) is 5.01 Å². The van der Waals surface area contributed by atoms with Crippen LogP contribution in [0.1, 0.15) is 15.9 Å². The highest BCUT2D eigenvalue weighted by molar-refractivity contribution is 8.26. The van der Waals surface area contributed by atoms with E-state index in [4.69, 9.17) is 17.0 Å². The standard InChI is InChI=1S/C18H13FN2O3S2/c1-24-14-9-11(7-8-13(14)19)10-15-17(23)21(18(25)26-15)20-16(22)12-5-3-2-4-6-12/h2-10H,1H3,(H,20,22)/b15-10+. The fourth-order valence-electron chi connectivity index (χ4n) is 2.24. The molecule has 132 valence electrons. The summed E-state index contributed by atoms with van der Waals surface area (Å²) in [5.74, 6) is -1.31. The van der Waals surface area contributed by atoms with Crippen LogP contribution >= 0.6 is 24.0 Å². The van der Waals surface area contributed by atoms with E-state index in [0.717, 1.165) is 16.8 Å². The molecular formula is C18H13FN2O3S2. The van der Waals surface area contributed by atoms with Crippen molar-refractivity contribution in [3.05, 3.63) is 70.4 Å². The molecule has 0 unspecified atom stereocenters. The number of nitrogens with zero attached hydrogens (tertiary/aromatic N) is 1. The number of halogens is 1. The van der Waals surface area contributed by atoms with Crippen LogP contribution in [0.15, 0.2) is 53.4 Å². The maximum Gasteiger partial charge on any atom is 0.285 e. The first kappa shape index (κ1) is 18.1. The van der Waals surface area contributed by atoms with Crippen LogP contribution in [-0.2, 0) is 4.79 Å². The zero-order chi connectivity index (χ0) is 18.7. The Morgan fingerprint density at radius 1 is 1.27 bits per heavy atom. The predicted molar refractivity (Wildman–Crippen MR) is 102 cm³/mol. The first-order valence-corrected chi connectivity index (χ1v) is 8.69. The number of thiocarbonyl (C=S) groups is 1. The molecule has 0 aromatic heterocycles. The summed E-state index contributed by atoms with van der Waals surface area (Å²) >= 11 is 6.23. The highest BCUT2D eigenvalue weighted by Crippen LogP contribution is 2.32. The number of hydrazine groups is 1. The van der Waals surface area contributed by atoms with Crippen molar-refractivity contribution in [3.8, 4) is 5.75 Å². The summed E-state index contributed by atoms with van der Waals surface area (Å²) in [4.78, 5) is 25.1. The summed E-state index contributed by atoms with van der Waals surface area (Å²) in [6.07, 6.45) is 1.57. The minimum absolute atomic E-state index is 0.0756. The number of carbonyl (C=O) groups excluding carboxylic acids is 2. The summed E-state index contributed by atoms with van der Waals surface area (Å²) < 4.78 is 18.6. The lowest BCUT2D eigenvalue weighted by molar-refractivity contribution is -0.123. The molecule has 3 rings (SSSR count). The number of ether oxygens (including phenoxy) is 1. The molecule has 1 heterocycles. The number of carbonyl (C=O) groups is 2. The molecule has 2 aromatic carbocycles. The second kappa shape index (κ2) is 7.67. The number of rotatable bonds is 4. The average molecular weight is 388 g/mol. The third-order valence-electron chi connectivity index (χ3n) is 3.52. The lowest BCUT2D eigenvalue weighted by Crippen LogP contribution is -2.44. The molecule has 1 N–H and O–H groups in total. The largest absolute Gasteiger partial charge is 0.494 e. The van der Waals surface area contributed by atoms with Crippen molar-refractivity contribution in [2.45, 2.75) is 0 Å². The number of hydrogen-bond acceptors (Lipinski definition) is 5. The molecule has 0 spiro atoms. The van der Waals surface area contributed by atoms with Gasteiger partial charge in [0, 0.05) is 5.56 Å². The Bertz CT molecular complexity index is 916. The number of methoxy groups -OCH3 is 1. The van der Waals surface area contributed by atoms with Gasteiger partial charge in [0.2, 0.25) is 0 Å². The van der Waals surface area contributed by atoms with Crippen LogP contribution in [0.2, 0.25) is 0 Å². The molecule has 0 atom stereocenters. The van der Waals surface area contributed by atoms with Crippen molar-refractivity contribution in [1.29, 1.82) is 0 Å². The minimum atomic E-state index is -0.493. The van der Waals surface area contributed by atoms with E-state index in [9.17, 15) is 14.0 Å². The summed E-state index contributed by atoms with van der Waals surface area (Å²) in [5, 5.41) is 1.03. The van der Waals surface area contributed by atoms with E-state index >= 15 is 0 Å². The lowest BCUT2D eigenvalue weighted by Gasteiger charge is -2.15. The van der Waals surface area contributed by atoms with Gasteiger partial charge in [-0.3, -0.25) is 15.0 Å². The Hall–Kier alpha value is -2.71. The molecule has 8 heteroatoms. The van der Waals surface area contributed by atoms with Gasteiger partial charge in [-0.15, -0.1) is 0 Å². The number of amides is 2. The van der Waals surface area contributed by atoms with Crippen molar-refractivity contribution in [3.63, 3.8) is 0 Å². The zero-order valence-electron chi connectivity index (χ0n) is 13.6. The molecule has 1 aliphatic rings. The smallest absolute Gasteiger partial charge is 0.285 e. The number of hydrogen-bond donors (Lipinski definition) is 1. The van der Waals surface area contributed by atoms with Crippen LogP contribution in [-0.4, -0.2) is 28.3 Å². The fourth-order valence-corrected chi connectivity index (χ4v) is 3.42. The van der Waals surface area contributed by atoms with E-state index < -0.39 is 17.6 Å². The first-order chi connectivity index (χ1) is 12.5. The molecule has 1 fully saturated rings. The molecule has 1 aliphatic heterocycles. The van der Waals surface area contributed by atoms with Crippen molar-refractivity contribution in [1.82, 2.24) is 10.4 Å². The summed E-state index contributed by atoms with van der Waals surface area (Å²) in [6.45, 7) is 0. The Kier molecular flexibility index (Phi) is 5.34. The second-order valence-corrected chi connectivity index (χ2v) is 6.89. The van der Waals surface area contributed by atoms with Crippen LogP contribution in [0.4, 0.5) is 4.39 Å². The van der Waals surface area contributed by atoms with Crippen molar-refractivity contribution in [2.75, 3.05) is 7.11 Å². The van der Waals surface area contributed by atoms with Crippen LogP contribution in [0.5, 0.6) is 5.75 Å². The van der Waals surface area contributed by atoms with E-state index in [1.807, 2.05) is 0 Å². The Morgan fingerprint density at radius 3 is 2.69 bits per heavy atom. The van der Waals surface area contributed by atoms with Crippen LogP contribution in [0.25, 0.3) is 6.08 Å². The van der Waals surface area contributed by atoms with Gasteiger partial charge in [-0.1, -0.05) is 36.0 Å². The van der Waals surface area contributed by atoms with Crippen LogP contribution in [0, 0.1) is 5.82 Å². The average Bonchev–Trinajstić information content (AvgIpc) is 2.91. The van der Waals surface area contributed by atoms with Gasteiger partial charge in [-0.05, 0) is 48.1 Å². The molecule has 5 nitrogen and oxygen atoms in total. The Labute approximate surface area is 158 Å². The Balaban J connectivity index is 1.79. The van der Waals surface area contributed by atoms with Gasteiger partial charge in [0.15, 0.2) is 15.9 Å². The topological polar surface area (TPSA) is 58.6 Å². The molecule has 0 radical (unpaired) electrons. The molecule has 0 aliphatic carbocycles. The van der Waals surface area contributed by atoms with Gasteiger partial charge in [0.1, 0.15) is 0 Å². The third-order valence-corrected chi connectivity index (χ3v) is 4.82. The highest BCUT2D eigenvalue weighted by atomic mass is 32.2. The van der Waals surface area contributed by atoms with Gasteiger partial charge in [-0.25, -0.2) is 4.39 Å². The molecule has 26 heavy (non-hydrogen) atoms. The number of benzene rings is 2. The third kappa shape index (κ3) is 3.76. The van der Waals surface area contributed by atoms with E-state index in [0.29, 0.717) is 16.0 Å². The quantitative estimate of drug-likeness (QED) is 0.643. The molecule has 1 saturated heterocycles. The molecule has 0 saturated carbocycles. The maximum absolute atomic E-state index is 13.5. The second-order valence-electron chi connectivity index (χ2n) is 5.22. The Morgan fingerprint density at radius 2 is 2.00 bits per heavy atom. The minimum Gasteiger partial charge on any atom is -0.494 e. The number of thioether (sulfide) groups is 1. The zero-order valence-corrected chi connectivity index (χ0v) is 15.2. The van der Waals surface area contributed by atoms with E-state index in [-0.39, 0.29) is 10.1 Å². The van der Waals surface area contributed by atoms with Gasteiger partial charge in [0.25, 0.3) is 11.8 Å². The highest BCUT2D eigenvalue weighted by Gasteiger charge is 2.33. The van der Waals surface area contributed by atoms with E-state index in [1.54, 1.807) is 36.4 Å². The molecule has 2 aromatic rings. The molecule has 0 bridgehead atoms. The summed E-state index contributed by atoms with van der Waals surface area (Å²) in [7, 11) is 1.36. The lowest BCUT2D eigenvalue weighted by atomic mass is 10.2. The first-order valence-electron chi connectivity index (χ1n) is 7.47. The van der Waals surface area contributed by atoms with Crippen LogP contribution in [0.3, 0.4) is 0 Å². The number of nitrogens with one attached hydrogen (secondary N) is 1. The SMILES string of the molecule is COc1cc(/C=C2/SC(=S)N(NC(=O)c3ccccc3)C2=O)ccc1F. The maximum atomic E-state index is 13.5. The van der Waals surface area contributed by atoms with Gasteiger partial charge in [0.05, 0.1) is 12.0 Å². The van der Waals surface area contributed by atoms with E-state index in [1.165, 1.54) is 25.3 Å². The molecule has 2 amide bonds. The monoisotopic (exact) mass is 388 g/mol. The van der Waals surface area contributed by atoms with Crippen molar-refractivity contribution in [2.24, 2.45) is 0 Å². The fraction of sp³-hybridized carbons (Fsp3) is 0.0556. The van der Waals surface area contributed by atoms with Gasteiger partial charge < -0.3 is 4.74 Å². The van der Waals surface area contributed by atoms with Crippen molar-refractivity contribution < 1.29 is 18.7 Å². The van der Waals surface area contributed by atoms with Gasteiger partial charge >= 0.3 is 0 Å².